The van der Waals surface area contributed by atoms with Gasteiger partial charge in [-0.25, -0.2) is 4.39 Å². The number of nitrogens with one attached hydrogen (secondary N) is 2. The van der Waals surface area contributed by atoms with Crippen LogP contribution in [0.4, 0.5) is 10.1 Å². The van der Waals surface area contributed by atoms with E-state index in [-0.39, 0.29) is 21.6 Å². The van der Waals surface area contributed by atoms with E-state index in [2.05, 4.69) is 10.6 Å². The Bertz CT molecular complexity index is 426. The summed E-state index contributed by atoms with van der Waals surface area (Å²) in [7, 11) is 0. The number of rotatable bonds is 3. The van der Waals surface area contributed by atoms with E-state index >= 15 is 0 Å². The van der Waals surface area contributed by atoms with Gasteiger partial charge >= 0.3 is 0 Å². The highest BCUT2D eigenvalue weighted by atomic mass is 35.5. The van der Waals surface area contributed by atoms with Crippen LogP contribution in [0.5, 0.6) is 0 Å². The summed E-state index contributed by atoms with van der Waals surface area (Å²) >= 11 is 11.6. The highest BCUT2D eigenvalue weighted by Crippen LogP contribution is 2.31. The van der Waals surface area contributed by atoms with Gasteiger partial charge in [0.15, 0.2) is 0 Å². The minimum atomic E-state index is -0.527. The first kappa shape index (κ1) is 12.6. The van der Waals surface area contributed by atoms with Crippen LogP contribution in [-0.4, -0.2) is 19.0 Å². The summed E-state index contributed by atoms with van der Waals surface area (Å²) in [5.74, 6) is -0.332. The number of carbonyl (C=O) groups excluding carboxylic acids is 1. The van der Waals surface area contributed by atoms with Crippen LogP contribution in [0.25, 0.3) is 0 Å². The van der Waals surface area contributed by atoms with E-state index in [0.29, 0.717) is 12.3 Å². The molecule has 1 saturated heterocycles. The molecule has 6 heteroatoms. The van der Waals surface area contributed by atoms with Crippen molar-refractivity contribution in [2.45, 2.75) is 6.42 Å². The molecule has 1 aliphatic heterocycles. The average Bonchev–Trinajstić information content (AvgIpc) is 2.17. The standard InChI is InChI=1S/C11H11Cl2FN2O/c12-8-2-7(14)3-9(13)11(8)16-10(17)1-6-4-15-5-6/h2-3,6,15H,1,4-5H2,(H,16,17). The van der Waals surface area contributed by atoms with Gasteiger partial charge in [0.25, 0.3) is 0 Å². The molecule has 0 aliphatic carbocycles. The topological polar surface area (TPSA) is 41.1 Å². The van der Waals surface area contributed by atoms with Gasteiger partial charge < -0.3 is 10.6 Å². The van der Waals surface area contributed by atoms with E-state index in [1.165, 1.54) is 0 Å². The second-order valence-electron chi connectivity index (χ2n) is 4.02. The van der Waals surface area contributed by atoms with Crippen LogP contribution in [0.15, 0.2) is 12.1 Å². The zero-order chi connectivity index (χ0) is 12.4. The second-order valence-corrected chi connectivity index (χ2v) is 4.84. The fourth-order valence-electron chi connectivity index (χ4n) is 1.61. The van der Waals surface area contributed by atoms with Crippen LogP contribution in [0.2, 0.25) is 10.0 Å². The van der Waals surface area contributed by atoms with Crippen molar-refractivity contribution in [2.24, 2.45) is 5.92 Å². The van der Waals surface area contributed by atoms with Crippen LogP contribution in [0.1, 0.15) is 6.42 Å². The van der Waals surface area contributed by atoms with Crippen molar-refractivity contribution in [1.29, 1.82) is 0 Å². The van der Waals surface area contributed by atoms with Crippen LogP contribution in [0, 0.1) is 11.7 Å². The molecule has 2 rings (SSSR count). The molecule has 3 nitrogen and oxygen atoms in total. The van der Waals surface area contributed by atoms with Gasteiger partial charge in [-0.2, -0.15) is 0 Å². The van der Waals surface area contributed by atoms with Crippen molar-refractivity contribution in [1.82, 2.24) is 5.32 Å². The lowest BCUT2D eigenvalue weighted by molar-refractivity contribution is -0.117. The lowest BCUT2D eigenvalue weighted by atomic mass is 9.99. The Morgan fingerprint density at radius 2 is 2.00 bits per heavy atom. The number of anilines is 1. The van der Waals surface area contributed by atoms with E-state index in [4.69, 9.17) is 23.2 Å². The molecule has 1 amide bonds. The first-order valence-electron chi connectivity index (χ1n) is 5.21. The van der Waals surface area contributed by atoms with Crippen molar-refractivity contribution >= 4 is 34.8 Å². The van der Waals surface area contributed by atoms with E-state index in [9.17, 15) is 9.18 Å². The van der Waals surface area contributed by atoms with Crippen LogP contribution < -0.4 is 10.6 Å². The smallest absolute Gasteiger partial charge is 0.224 e. The summed E-state index contributed by atoms with van der Waals surface area (Å²) in [4.78, 5) is 11.7. The van der Waals surface area contributed by atoms with Crippen molar-refractivity contribution in [3.05, 3.63) is 28.0 Å². The quantitative estimate of drug-likeness (QED) is 0.891. The Hall–Kier alpha value is -0.840. The Morgan fingerprint density at radius 3 is 2.47 bits per heavy atom. The molecule has 1 aromatic rings. The molecule has 17 heavy (non-hydrogen) atoms. The van der Waals surface area contributed by atoms with Gasteiger partial charge in [0, 0.05) is 6.42 Å². The number of hydrogen-bond donors (Lipinski definition) is 2. The molecule has 92 valence electrons. The average molecular weight is 277 g/mol. The van der Waals surface area contributed by atoms with Gasteiger partial charge in [0.2, 0.25) is 5.91 Å². The van der Waals surface area contributed by atoms with Gasteiger partial charge in [-0.3, -0.25) is 4.79 Å². The van der Waals surface area contributed by atoms with Crippen molar-refractivity contribution < 1.29 is 9.18 Å². The molecule has 1 aromatic carbocycles. The molecule has 1 heterocycles. The number of carbonyl (C=O) groups is 1. The Morgan fingerprint density at radius 1 is 1.41 bits per heavy atom. The van der Waals surface area contributed by atoms with Crippen LogP contribution in [-0.2, 0) is 4.79 Å². The summed E-state index contributed by atoms with van der Waals surface area (Å²) in [5.41, 5.74) is 0.270. The monoisotopic (exact) mass is 276 g/mol. The maximum atomic E-state index is 12.9. The fourth-order valence-corrected chi connectivity index (χ4v) is 2.16. The summed E-state index contributed by atoms with van der Waals surface area (Å²) in [6.07, 6.45) is 0.414. The Balaban J connectivity index is 2.04. The van der Waals surface area contributed by atoms with Crippen LogP contribution in [0.3, 0.4) is 0 Å². The molecule has 0 atom stereocenters. The van der Waals surface area contributed by atoms with E-state index < -0.39 is 5.82 Å². The molecule has 0 bridgehead atoms. The molecule has 1 fully saturated rings. The van der Waals surface area contributed by atoms with E-state index in [1.54, 1.807) is 0 Å². The zero-order valence-electron chi connectivity index (χ0n) is 8.90. The molecule has 2 N–H and O–H groups in total. The second kappa shape index (κ2) is 5.21. The summed E-state index contributed by atoms with van der Waals surface area (Å²) in [6.45, 7) is 1.69. The van der Waals surface area contributed by atoms with E-state index in [0.717, 1.165) is 25.2 Å². The van der Waals surface area contributed by atoms with Crippen LogP contribution >= 0.6 is 23.2 Å². The van der Waals surface area contributed by atoms with Crippen molar-refractivity contribution in [3.8, 4) is 0 Å². The summed E-state index contributed by atoms with van der Waals surface area (Å²) < 4.78 is 12.9. The SMILES string of the molecule is O=C(CC1CNC1)Nc1c(Cl)cc(F)cc1Cl. The third-order valence-corrected chi connectivity index (χ3v) is 3.21. The first-order chi connectivity index (χ1) is 8.06. The summed E-state index contributed by atoms with van der Waals surface area (Å²) in [5, 5.41) is 5.90. The Kier molecular flexibility index (Phi) is 3.86. The normalized spacial score (nSPS) is 15.5. The minimum absolute atomic E-state index is 0.107. The molecule has 1 aliphatic rings. The van der Waals surface area contributed by atoms with Gasteiger partial charge in [0.05, 0.1) is 15.7 Å². The lowest BCUT2D eigenvalue weighted by Gasteiger charge is -2.26. The maximum absolute atomic E-state index is 12.9. The number of amides is 1. The predicted molar refractivity (Wildman–Crippen MR) is 66.0 cm³/mol. The van der Waals surface area contributed by atoms with Gasteiger partial charge in [-0.1, -0.05) is 23.2 Å². The lowest BCUT2D eigenvalue weighted by Crippen LogP contribution is -2.43. The highest BCUT2D eigenvalue weighted by Gasteiger charge is 2.21. The third-order valence-electron chi connectivity index (χ3n) is 2.61. The van der Waals surface area contributed by atoms with Gasteiger partial charge in [-0.05, 0) is 31.1 Å². The first-order valence-corrected chi connectivity index (χ1v) is 5.97. The van der Waals surface area contributed by atoms with Gasteiger partial charge in [-0.15, -0.1) is 0 Å². The number of hydrogen-bond acceptors (Lipinski definition) is 2. The fraction of sp³-hybridized carbons (Fsp3) is 0.364. The summed E-state index contributed by atoms with van der Waals surface area (Å²) in [6, 6.07) is 2.24. The molecule has 0 radical (unpaired) electrons. The van der Waals surface area contributed by atoms with Gasteiger partial charge in [0.1, 0.15) is 5.82 Å². The molecule has 0 saturated carbocycles. The van der Waals surface area contributed by atoms with E-state index in [1.807, 2.05) is 0 Å². The van der Waals surface area contributed by atoms with Crippen molar-refractivity contribution in [3.63, 3.8) is 0 Å². The number of halogens is 3. The Labute approximate surface area is 108 Å². The third kappa shape index (κ3) is 3.09. The zero-order valence-corrected chi connectivity index (χ0v) is 10.4. The predicted octanol–water partition coefficient (Wildman–Crippen LogP) is 2.68. The largest absolute Gasteiger partial charge is 0.324 e. The molecule has 0 spiro atoms. The number of benzene rings is 1. The molecular weight excluding hydrogens is 266 g/mol. The highest BCUT2D eigenvalue weighted by molar-refractivity contribution is 6.39. The maximum Gasteiger partial charge on any atom is 0.224 e. The van der Waals surface area contributed by atoms with Crippen molar-refractivity contribution in [2.75, 3.05) is 18.4 Å². The molecule has 0 aromatic heterocycles. The molecule has 0 unspecified atom stereocenters. The minimum Gasteiger partial charge on any atom is -0.324 e. The molecular formula is C11H11Cl2FN2O.